The Hall–Kier alpha value is -0.500. The Morgan fingerprint density at radius 2 is 2.00 bits per heavy atom. The minimum absolute atomic E-state index is 0. The van der Waals surface area contributed by atoms with E-state index in [1.165, 1.54) is 12.2 Å². The van der Waals surface area contributed by atoms with Crippen LogP contribution in [0, 0.1) is 5.82 Å². The molecule has 0 spiro atoms. The normalized spacial score (nSPS) is 15.5. The number of guanidine groups is 1. The molecule has 0 saturated heterocycles. The zero-order valence-electron chi connectivity index (χ0n) is 14.6. The quantitative estimate of drug-likeness (QED) is 0.249. The first-order valence-electron chi connectivity index (χ1n) is 8.48. The van der Waals surface area contributed by atoms with Gasteiger partial charge in [-0.1, -0.05) is 18.2 Å². The van der Waals surface area contributed by atoms with Gasteiger partial charge in [-0.25, -0.2) is 4.39 Å². The Morgan fingerprint density at radius 3 is 2.62 bits per heavy atom. The summed E-state index contributed by atoms with van der Waals surface area (Å²) < 4.78 is 14.0. The molecule has 1 aliphatic rings. The number of aliphatic imine (C=N–C) groups is 1. The second kappa shape index (κ2) is 11.2. The fraction of sp³-hybridized carbons (Fsp3) is 0.611. The van der Waals surface area contributed by atoms with Crippen molar-refractivity contribution in [2.45, 2.75) is 38.0 Å². The lowest BCUT2D eigenvalue weighted by atomic mass is 9.95. The van der Waals surface area contributed by atoms with E-state index in [0.717, 1.165) is 43.9 Å². The number of nitrogens with one attached hydrogen (secondary N) is 2. The van der Waals surface area contributed by atoms with Gasteiger partial charge in [-0.3, -0.25) is 4.99 Å². The van der Waals surface area contributed by atoms with Crippen molar-refractivity contribution < 1.29 is 4.39 Å². The fourth-order valence-electron chi connectivity index (χ4n) is 2.71. The van der Waals surface area contributed by atoms with Crippen LogP contribution in [0.15, 0.2) is 29.3 Å². The van der Waals surface area contributed by atoms with E-state index in [2.05, 4.69) is 23.8 Å². The summed E-state index contributed by atoms with van der Waals surface area (Å²) in [6.45, 7) is 4.48. The summed E-state index contributed by atoms with van der Waals surface area (Å²) in [5, 5.41) is 6.66. The molecular weight excluding hydrogens is 436 g/mol. The highest BCUT2D eigenvalue weighted by atomic mass is 127. The number of rotatable bonds is 9. The number of thioether (sulfide) groups is 1. The van der Waals surface area contributed by atoms with Crippen LogP contribution in [0.25, 0.3) is 0 Å². The zero-order chi connectivity index (χ0) is 16.5. The minimum Gasteiger partial charge on any atom is -0.357 e. The molecule has 0 bridgehead atoms. The maximum absolute atomic E-state index is 14.0. The minimum atomic E-state index is -0.102. The first-order valence-corrected chi connectivity index (χ1v) is 9.87. The predicted octanol–water partition coefficient (Wildman–Crippen LogP) is 4.17. The van der Waals surface area contributed by atoms with E-state index < -0.39 is 0 Å². The van der Waals surface area contributed by atoms with Gasteiger partial charge in [-0.15, -0.1) is 24.0 Å². The second-order valence-corrected chi connectivity index (χ2v) is 7.07. The van der Waals surface area contributed by atoms with Crippen molar-refractivity contribution in [1.82, 2.24) is 10.6 Å². The van der Waals surface area contributed by atoms with E-state index in [-0.39, 0.29) is 35.2 Å². The molecule has 0 aromatic heterocycles. The van der Waals surface area contributed by atoms with Crippen LogP contribution in [-0.4, -0.2) is 37.6 Å². The number of hydrogen-bond donors (Lipinski definition) is 2. The van der Waals surface area contributed by atoms with Gasteiger partial charge in [0.15, 0.2) is 5.96 Å². The Morgan fingerprint density at radius 1 is 1.25 bits per heavy atom. The SMILES string of the molecule is CCNC(=NCC1(c2ccccc2F)CC1)NCCCCSC.I. The Kier molecular flexibility index (Phi) is 10.0. The van der Waals surface area contributed by atoms with Gasteiger partial charge >= 0.3 is 0 Å². The number of benzene rings is 1. The van der Waals surface area contributed by atoms with Gasteiger partial charge in [0.1, 0.15) is 5.82 Å². The molecule has 2 N–H and O–H groups in total. The van der Waals surface area contributed by atoms with Crippen LogP contribution < -0.4 is 10.6 Å². The third kappa shape index (κ3) is 6.43. The lowest BCUT2D eigenvalue weighted by Crippen LogP contribution is -2.38. The third-order valence-electron chi connectivity index (χ3n) is 4.25. The highest BCUT2D eigenvalue weighted by Crippen LogP contribution is 2.49. The maximum atomic E-state index is 14.0. The molecule has 0 amide bonds. The Balaban J connectivity index is 0.00000288. The van der Waals surface area contributed by atoms with Crippen molar-refractivity contribution in [1.29, 1.82) is 0 Å². The molecule has 1 aromatic carbocycles. The number of halogens is 2. The zero-order valence-corrected chi connectivity index (χ0v) is 17.8. The predicted molar refractivity (Wildman–Crippen MR) is 114 cm³/mol. The molecule has 0 heterocycles. The molecular formula is C18H29FIN3S. The molecule has 0 aliphatic heterocycles. The maximum Gasteiger partial charge on any atom is 0.191 e. The van der Waals surface area contributed by atoms with Crippen LogP contribution in [0.4, 0.5) is 4.39 Å². The van der Waals surface area contributed by atoms with Crippen molar-refractivity contribution in [2.75, 3.05) is 31.6 Å². The summed E-state index contributed by atoms with van der Waals surface area (Å²) in [5.41, 5.74) is 0.728. The van der Waals surface area contributed by atoms with Crippen molar-refractivity contribution in [3.8, 4) is 0 Å². The molecule has 1 aliphatic carbocycles. The summed E-state index contributed by atoms with van der Waals surface area (Å²) in [7, 11) is 0. The van der Waals surface area contributed by atoms with Gasteiger partial charge in [0, 0.05) is 18.5 Å². The van der Waals surface area contributed by atoms with E-state index in [0.29, 0.717) is 6.54 Å². The fourth-order valence-corrected chi connectivity index (χ4v) is 3.20. The summed E-state index contributed by atoms with van der Waals surface area (Å²) >= 11 is 1.88. The van der Waals surface area contributed by atoms with E-state index in [9.17, 15) is 4.39 Å². The lowest BCUT2D eigenvalue weighted by Gasteiger charge is -2.16. The average molecular weight is 465 g/mol. The van der Waals surface area contributed by atoms with Crippen molar-refractivity contribution in [2.24, 2.45) is 4.99 Å². The van der Waals surface area contributed by atoms with E-state index in [4.69, 9.17) is 4.99 Å². The summed E-state index contributed by atoms with van der Waals surface area (Å²) in [4.78, 5) is 4.71. The van der Waals surface area contributed by atoms with Gasteiger partial charge in [0.25, 0.3) is 0 Å². The summed E-state index contributed by atoms with van der Waals surface area (Å²) in [5.74, 6) is 1.95. The molecule has 6 heteroatoms. The number of nitrogens with zero attached hydrogens (tertiary/aromatic N) is 1. The van der Waals surface area contributed by atoms with Crippen molar-refractivity contribution in [3.05, 3.63) is 35.6 Å². The van der Waals surface area contributed by atoms with Gasteiger partial charge in [0.05, 0.1) is 6.54 Å². The Labute approximate surface area is 166 Å². The first-order chi connectivity index (χ1) is 11.2. The molecule has 1 aromatic rings. The van der Waals surface area contributed by atoms with Crippen molar-refractivity contribution >= 4 is 41.7 Å². The van der Waals surface area contributed by atoms with Crippen LogP contribution in [0.3, 0.4) is 0 Å². The van der Waals surface area contributed by atoms with Crippen LogP contribution in [0.2, 0.25) is 0 Å². The molecule has 1 fully saturated rings. The van der Waals surface area contributed by atoms with Crippen LogP contribution >= 0.6 is 35.7 Å². The smallest absolute Gasteiger partial charge is 0.191 e. The highest BCUT2D eigenvalue weighted by molar-refractivity contribution is 14.0. The Bertz CT molecular complexity index is 521. The summed E-state index contributed by atoms with van der Waals surface area (Å²) in [6, 6.07) is 7.12. The molecule has 3 nitrogen and oxygen atoms in total. The number of hydrogen-bond acceptors (Lipinski definition) is 2. The van der Waals surface area contributed by atoms with Gasteiger partial charge in [0.2, 0.25) is 0 Å². The first kappa shape index (κ1) is 21.5. The topological polar surface area (TPSA) is 36.4 Å². The second-order valence-electron chi connectivity index (χ2n) is 6.08. The largest absolute Gasteiger partial charge is 0.357 e. The molecule has 0 atom stereocenters. The van der Waals surface area contributed by atoms with E-state index in [1.807, 2.05) is 23.9 Å². The van der Waals surface area contributed by atoms with Gasteiger partial charge in [-0.05, 0) is 56.2 Å². The van der Waals surface area contributed by atoms with Crippen LogP contribution in [0.1, 0.15) is 38.2 Å². The van der Waals surface area contributed by atoms with E-state index >= 15 is 0 Å². The standard InChI is InChI=1S/C18H28FN3S.HI/c1-3-20-17(21-12-6-7-13-23-2)22-14-18(10-11-18)15-8-4-5-9-16(15)19;/h4-5,8-9H,3,6-7,10-14H2,1-2H3,(H2,20,21,22);1H. The molecule has 24 heavy (non-hydrogen) atoms. The monoisotopic (exact) mass is 465 g/mol. The summed E-state index contributed by atoms with van der Waals surface area (Å²) in [6.07, 6.45) is 6.53. The van der Waals surface area contributed by atoms with E-state index in [1.54, 1.807) is 12.1 Å². The van der Waals surface area contributed by atoms with Gasteiger partial charge < -0.3 is 10.6 Å². The average Bonchev–Trinajstić information content (AvgIpc) is 3.34. The molecule has 0 radical (unpaired) electrons. The molecule has 2 rings (SSSR count). The third-order valence-corrected chi connectivity index (χ3v) is 4.95. The molecule has 136 valence electrons. The highest BCUT2D eigenvalue weighted by Gasteiger charge is 2.45. The number of unbranched alkanes of at least 4 members (excludes halogenated alkanes) is 1. The molecule has 0 unspecified atom stereocenters. The van der Waals surface area contributed by atoms with Crippen LogP contribution in [0.5, 0.6) is 0 Å². The molecule has 1 saturated carbocycles. The lowest BCUT2D eigenvalue weighted by molar-refractivity contribution is 0.572. The van der Waals surface area contributed by atoms with Crippen molar-refractivity contribution in [3.63, 3.8) is 0 Å². The van der Waals surface area contributed by atoms with Gasteiger partial charge in [-0.2, -0.15) is 11.8 Å². The van der Waals surface area contributed by atoms with Crippen LogP contribution in [-0.2, 0) is 5.41 Å².